The Morgan fingerprint density at radius 3 is 2.88 bits per heavy atom. The highest BCUT2D eigenvalue weighted by Gasteiger charge is 2.36. The molecule has 17 heavy (non-hydrogen) atoms. The fourth-order valence-electron chi connectivity index (χ4n) is 2.85. The first kappa shape index (κ1) is 13.2. The molecule has 5 nitrogen and oxygen atoms in total. The largest absolute Gasteiger partial charge is 0.381 e. The van der Waals surface area contributed by atoms with Gasteiger partial charge in [-0.3, -0.25) is 0 Å². The third kappa shape index (κ3) is 3.39. The van der Waals surface area contributed by atoms with Crippen LogP contribution in [-0.2, 0) is 9.47 Å². The second kappa shape index (κ2) is 6.11. The molecule has 2 aliphatic rings. The number of ether oxygens (including phenoxy) is 2. The Bertz CT molecular complexity index is 234. The van der Waals surface area contributed by atoms with Crippen LogP contribution in [0.15, 0.2) is 0 Å². The van der Waals surface area contributed by atoms with Crippen molar-refractivity contribution in [3.05, 3.63) is 0 Å². The normalized spacial score (nSPS) is 36.0. The molecule has 0 bridgehead atoms. The van der Waals surface area contributed by atoms with Crippen LogP contribution in [0.25, 0.3) is 0 Å². The summed E-state index contributed by atoms with van der Waals surface area (Å²) in [6.45, 7) is 4.17. The van der Waals surface area contributed by atoms with Gasteiger partial charge in [-0.25, -0.2) is 10.4 Å². The van der Waals surface area contributed by atoms with E-state index < -0.39 is 0 Å². The summed E-state index contributed by atoms with van der Waals surface area (Å²) in [4.78, 5) is 0. The quantitative estimate of drug-likeness (QED) is 0.734. The number of hydrazine groups is 1. The Balaban J connectivity index is 1.92. The average molecular weight is 243 g/mol. The summed E-state index contributed by atoms with van der Waals surface area (Å²) < 4.78 is 10.9. The van der Waals surface area contributed by atoms with E-state index >= 15 is 0 Å². The van der Waals surface area contributed by atoms with Crippen molar-refractivity contribution in [1.82, 2.24) is 10.4 Å². The van der Waals surface area contributed by atoms with Crippen molar-refractivity contribution in [2.75, 3.05) is 40.0 Å². The highest BCUT2D eigenvalue weighted by atomic mass is 16.5. The molecule has 0 radical (unpaired) electrons. The summed E-state index contributed by atoms with van der Waals surface area (Å²) in [5, 5.41) is 2.26. The summed E-state index contributed by atoms with van der Waals surface area (Å²) in [7, 11) is 1.80. The first-order chi connectivity index (χ1) is 8.28. The number of nitrogens with one attached hydrogen (secondary N) is 1. The van der Waals surface area contributed by atoms with Gasteiger partial charge in [0.25, 0.3) is 0 Å². The molecule has 2 fully saturated rings. The molecular formula is C12H25N3O2. The van der Waals surface area contributed by atoms with Crippen LogP contribution in [0, 0.1) is 0 Å². The molecule has 0 aromatic heterocycles. The second-order valence-corrected chi connectivity index (χ2v) is 5.15. The van der Waals surface area contributed by atoms with Gasteiger partial charge in [-0.15, -0.1) is 0 Å². The van der Waals surface area contributed by atoms with Crippen molar-refractivity contribution >= 4 is 0 Å². The minimum absolute atomic E-state index is 0.0241. The van der Waals surface area contributed by atoms with E-state index in [2.05, 4.69) is 10.4 Å². The van der Waals surface area contributed by atoms with Crippen molar-refractivity contribution in [3.63, 3.8) is 0 Å². The standard InChI is InChI=1S/C12H25N3O2/c1-16-11-3-2-4-12(9-11,10-13)14-15-5-7-17-8-6-15/h11,14H,2-10,13H2,1H3. The minimum Gasteiger partial charge on any atom is -0.381 e. The first-order valence-electron chi connectivity index (χ1n) is 6.61. The predicted molar refractivity (Wildman–Crippen MR) is 66.6 cm³/mol. The van der Waals surface area contributed by atoms with Gasteiger partial charge < -0.3 is 15.2 Å². The smallest absolute Gasteiger partial charge is 0.0608 e. The van der Waals surface area contributed by atoms with Crippen molar-refractivity contribution < 1.29 is 9.47 Å². The second-order valence-electron chi connectivity index (χ2n) is 5.15. The summed E-state index contributed by atoms with van der Waals surface area (Å²) in [6.07, 6.45) is 4.84. The Labute approximate surface area is 104 Å². The minimum atomic E-state index is 0.0241. The summed E-state index contributed by atoms with van der Waals surface area (Å²) in [5.74, 6) is 0. The van der Waals surface area contributed by atoms with Crippen LogP contribution in [0.2, 0.25) is 0 Å². The van der Waals surface area contributed by atoms with Crippen molar-refractivity contribution in [3.8, 4) is 0 Å². The zero-order chi connectivity index (χ0) is 12.1. The number of nitrogens with zero attached hydrogens (tertiary/aromatic N) is 1. The van der Waals surface area contributed by atoms with Crippen LogP contribution in [0.4, 0.5) is 0 Å². The molecule has 3 N–H and O–H groups in total. The molecule has 5 heteroatoms. The van der Waals surface area contributed by atoms with Gasteiger partial charge in [0.1, 0.15) is 0 Å². The van der Waals surface area contributed by atoms with Crippen LogP contribution in [0.1, 0.15) is 25.7 Å². The van der Waals surface area contributed by atoms with Gasteiger partial charge in [0.2, 0.25) is 0 Å². The molecule has 2 unspecified atom stereocenters. The monoisotopic (exact) mass is 243 g/mol. The number of hydrogen-bond acceptors (Lipinski definition) is 5. The van der Waals surface area contributed by atoms with E-state index in [0.717, 1.165) is 45.6 Å². The molecule has 0 aromatic rings. The number of rotatable bonds is 4. The van der Waals surface area contributed by atoms with Crippen LogP contribution >= 0.6 is 0 Å². The molecule has 1 aliphatic heterocycles. The molecular weight excluding hydrogens is 218 g/mol. The highest BCUT2D eigenvalue weighted by molar-refractivity contribution is 4.94. The summed E-state index contributed by atoms with van der Waals surface area (Å²) >= 11 is 0. The molecule has 0 spiro atoms. The third-order valence-corrected chi connectivity index (χ3v) is 3.93. The fourth-order valence-corrected chi connectivity index (χ4v) is 2.85. The van der Waals surface area contributed by atoms with Crippen LogP contribution in [-0.4, -0.2) is 56.6 Å². The van der Waals surface area contributed by atoms with Gasteiger partial charge in [-0.2, -0.15) is 0 Å². The Kier molecular flexibility index (Phi) is 4.76. The fraction of sp³-hybridized carbons (Fsp3) is 1.00. The van der Waals surface area contributed by atoms with Gasteiger partial charge in [-0.05, 0) is 25.7 Å². The molecule has 0 aromatic carbocycles. The zero-order valence-corrected chi connectivity index (χ0v) is 10.8. The molecule has 2 rings (SSSR count). The molecule has 1 saturated heterocycles. The zero-order valence-electron chi connectivity index (χ0n) is 10.8. The lowest BCUT2D eigenvalue weighted by Crippen LogP contribution is -2.62. The maximum Gasteiger partial charge on any atom is 0.0608 e. The van der Waals surface area contributed by atoms with E-state index in [1.54, 1.807) is 7.11 Å². The van der Waals surface area contributed by atoms with E-state index in [4.69, 9.17) is 15.2 Å². The van der Waals surface area contributed by atoms with Crippen LogP contribution in [0.3, 0.4) is 0 Å². The molecule has 0 amide bonds. The number of hydrogen-bond donors (Lipinski definition) is 2. The van der Waals surface area contributed by atoms with Crippen molar-refractivity contribution in [2.24, 2.45) is 5.73 Å². The SMILES string of the molecule is COC1CCCC(CN)(NN2CCOCC2)C1. The van der Waals surface area contributed by atoms with E-state index in [1.807, 2.05) is 0 Å². The Hall–Kier alpha value is -0.200. The lowest BCUT2D eigenvalue weighted by molar-refractivity contribution is -0.0392. The summed E-state index contributed by atoms with van der Waals surface area (Å²) in [6, 6.07) is 0. The molecule has 1 saturated carbocycles. The van der Waals surface area contributed by atoms with E-state index in [1.165, 1.54) is 6.42 Å². The van der Waals surface area contributed by atoms with Gasteiger partial charge in [0.15, 0.2) is 0 Å². The average Bonchev–Trinajstić information content (AvgIpc) is 2.40. The predicted octanol–water partition coefficient (Wildman–Crippen LogP) is 0.110. The molecule has 1 aliphatic carbocycles. The maximum absolute atomic E-state index is 6.00. The lowest BCUT2D eigenvalue weighted by atomic mass is 9.80. The molecule has 1 heterocycles. The Morgan fingerprint density at radius 2 is 2.24 bits per heavy atom. The highest BCUT2D eigenvalue weighted by Crippen LogP contribution is 2.29. The van der Waals surface area contributed by atoms with Crippen molar-refractivity contribution in [2.45, 2.75) is 37.3 Å². The van der Waals surface area contributed by atoms with Gasteiger partial charge in [0.05, 0.1) is 19.3 Å². The maximum atomic E-state index is 6.00. The number of nitrogens with two attached hydrogens (primary N) is 1. The van der Waals surface area contributed by atoms with Gasteiger partial charge in [0, 0.05) is 32.3 Å². The van der Waals surface area contributed by atoms with Gasteiger partial charge in [-0.1, -0.05) is 0 Å². The van der Waals surface area contributed by atoms with Crippen LogP contribution in [0.5, 0.6) is 0 Å². The number of morpholine rings is 1. The number of methoxy groups -OCH3 is 1. The van der Waals surface area contributed by atoms with E-state index in [-0.39, 0.29) is 5.54 Å². The third-order valence-electron chi connectivity index (χ3n) is 3.93. The molecule has 2 atom stereocenters. The first-order valence-corrected chi connectivity index (χ1v) is 6.61. The van der Waals surface area contributed by atoms with E-state index in [0.29, 0.717) is 12.6 Å². The lowest BCUT2D eigenvalue weighted by Gasteiger charge is -2.44. The molecule has 100 valence electrons. The van der Waals surface area contributed by atoms with Gasteiger partial charge >= 0.3 is 0 Å². The topological polar surface area (TPSA) is 59.8 Å². The summed E-state index contributed by atoms with van der Waals surface area (Å²) in [5.41, 5.74) is 9.65. The van der Waals surface area contributed by atoms with Crippen molar-refractivity contribution in [1.29, 1.82) is 0 Å². The Morgan fingerprint density at radius 1 is 1.47 bits per heavy atom. The van der Waals surface area contributed by atoms with Crippen LogP contribution < -0.4 is 11.2 Å². The van der Waals surface area contributed by atoms with E-state index in [9.17, 15) is 0 Å².